The molecular weight excluding hydrogens is 442 g/mol. The number of nitrogens with zero attached hydrogens (tertiary/aromatic N) is 3. The number of pyridine rings is 1. The summed E-state index contributed by atoms with van der Waals surface area (Å²) in [6.07, 6.45) is 7.36. The number of hydrogen-bond donors (Lipinski definition) is 0. The maximum atomic E-state index is 12.9. The van der Waals surface area contributed by atoms with Crippen molar-refractivity contribution in [2.24, 2.45) is 0 Å². The number of ether oxygens (including phenoxy) is 2. The average Bonchev–Trinajstić information content (AvgIpc) is 3.21. The van der Waals surface area contributed by atoms with E-state index in [9.17, 15) is 9.59 Å². The second-order valence-corrected chi connectivity index (χ2v) is 7.77. The van der Waals surface area contributed by atoms with Gasteiger partial charge in [-0.1, -0.05) is 43.1 Å². The number of unbranched alkanes of at least 4 members (excludes halogenated alkanes) is 1. The third-order valence-electron chi connectivity index (χ3n) is 5.04. The molecule has 0 spiro atoms. The highest BCUT2D eigenvalue weighted by Crippen LogP contribution is 2.31. The van der Waals surface area contributed by atoms with E-state index in [0.29, 0.717) is 22.8 Å². The van der Waals surface area contributed by atoms with Gasteiger partial charge in [0.15, 0.2) is 5.76 Å². The highest BCUT2D eigenvalue weighted by atomic mass is 35.5. The van der Waals surface area contributed by atoms with Crippen LogP contribution in [0.5, 0.6) is 0 Å². The van der Waals surface area contributed by atoms with Crippen molar-refractivity contribution < 1.29 is 19.1 Å². The summed E-state index contributed by atoms with van der Waals surface area (Å²) >= 11 is 6.43. The smallest absolute Gasteiger partial charge is 0.342 e. The fourth-order valence-electron chi connectivity index (χ4n) is 3.44. The average molecular weight is 468 g/mol. The molecule has 0 N–H and O–H groups in total. The molecule has 0 aliphatic rings. The first-order valence-electron chi connectivity index (χ1n) is 10.7. The monoisotopic (exact) mass is 467 g/mol. The molecule has 0 saturated carbocycles. The molecule has 2 aromatic heterocycles. The van der Waals surface area contributed by atoms with Gasteiger partial charge in [-0.25, -0.2) is 9.78 Å². The lowest BCUT2D eigenvalue weighted by Gasteiger charge is -2.17. The molecule has 3 rings (SSSR count). The lowest BCUT2D eigenvalue weighted by Crippen LogP contribution is -2.15. The number of hydrogen-bond acceptors (Lipinski definition) is 6. The summed E-state index contributed by atoms with van der Waals surface area (Å²) in [4.78, 5) is 33.6. The van der Waals surface area contributed by atoms with Gasteiger partial charge in [0.25, 0.3) is 0 Å². The van der Waals surface area contributed by atoms with Crippen LogP contribution in [0.1, 0.15) is 49.3 Å². The number of imidazole rings is 1. The van der Waals surface area contributed by atoms with Crippen molar-refractivity contribution in [2.75, 3.05) is 7.11 Å². The molecule has 33 heavy (non-hydrogen) atoms. The zero-order chi connectivity index (χ0) is 23.8. The third kappa shape index (κ3) is 5.87. The largest absolute Gasteiger partial charge is 0.465 e. The molecule has 0 aliphatic heterocycles. The first-order valence-corrected chi connectivity index (χ1v) is 11.0. The molecular formula is C25H26ClN3O4. The van der Waals surface area contributed by atoms with E-state index < -0.39 is 11.9 Å². The Morgan fingerprint density at radius 2 is 1.85 bits per heavy atom. The van der Waals surface area contributed by atoms with Crippen LogP contribution in [-0.4, -0.2) is 33.6 Å². The van der Waals surface area contributed by atoms with Gasteiger partial charge in [0.2, 0.25) is 0 Å². The summed E-state index contributed by atoms with van der Waals surface area (Å²) in [5, 5.41) is 0.610. The minimum absolute atomic E-state index is 0.0721. The van der Waals surface area contributed by atoms with Crippen LogP contribution in [0.3, 0.4) is 0 Å². The van der Waals surface area contributed by atoms with Crippen LogP contribution in [0, 0.1) is 0 Å². The number of esters is 2. The number of carbonyl (C=O) groups is 2. The van der Waals surface area contributed by atoms with Gasteiger partial charge in [-0.3, -0.25) is 9.78 Å². The Balaban J connectivity index is 2.27. The van der Waals surface area contributed by atoms with Gasteiger partial charge in [0, 0.05) is 30.8 Å². The molecule has 3 aromatic rings. The molecule has 2 heterocycles. The minimum Gasteiger partial charge on any atom is -0.465 e. The van der Waals surface area contributed by atoms with E-state index >= 15 is 0 Å². The van der Waals surface area contributed by atoms with Gasteiger partial charge in [0.1, 0.15) is 17.1 Å². The van der Waals surface area contributed by atoms with E-state index in [0.717, 1.165) is 30.7 Å². The van der Waals surface area contributed by atoms with Crippen LogP contribution in [-0.2, 0) is 32.0 Å². The minimum atomic E-state index is -0.641. The maximum absolute atomic E-state index is 12.9. The number of aryl methyl sites for hydroxylation is 1. The molecule has 0 aliphatic carbocycles. The molecule has 172 valence electrons. The molecule has 1 aromatic carbocycles. The summed E-state index contributed by atoms with van der Waals surface area (Å²) < 4.78 is 12.6. The van der Waals surface area contributed by atoms with Crippen molar-refractivity contribution in [3.05, 3.63) is 82.7 Å². The fourth-order valence-corrected chi connectivity index (χ4v) is 3.64. The van der Waals surface area contributed by atoms with Gasteiger partial charge in [-0.05, 0) is 35.7 Å². The number of carbonyl (C=O) groups excluding carboxylic acids is 2. The van der Waals surface area contributed by atoms with Crippen molar-refractivity contribution >= 4 is 34.9 Å². The van der Waals surface area contributed by atoms with Crippen molar-refractivity contribution in [1.82, 2.24) is 14.5 Å². The van der Waals surface area contributed by atoms with Crippen LogP contribution < -0.4 is 0 Å². The topological polar surface area (TPSA) is 83.3 Å². The Kier molecular flexibility index (Phi) is 8.38. The Morgan fingerprint density at radius 1 is 1.12 bits per heavy atom. The lowest BCUT2D eigenvalue weighted by molar-refractivity contribution is -0.134. The number of halogens is 1. The molecule has 7 nitrogen and oxygen atoms in total. The second kappa shape index (κ2) is 11.4. The highest BCUT2D eigenvalue weighted by Gasteiger charge is 2.26. The van der Waals surface area contributed by atoms with E-state index in [2.05, 4.69) is 16.9 Å². The van der Waals surface area contributed by atoms with Gasteiger partial charge in [-0.2, -0.15) is 0 Å². The molecule has 0 fully saturated rings. The first kappa shape index (κ1) is 24.2. The normalized spacial score (nSPS) is 11.6. The predicted octanol–water partition coefficient (Wildman–Crippen LogP) is 4.93. The lowest BCUT2D eigenvalue weighted by atomic mass is 10.0. The van der Waals surface area contributed by atoms with E-state index in [1.807, 2.05) is 28.8 Å². The van der Waals surface area contributed by atoms with Crippen LogP contribution in [0.15, 0.2) is 55.0 Å². The van der Waals surface area contributed by atoms with Crippen molar-refractivity contribution in [1.29, 1.82) is 0 Å². The number of methoxy groups -OCH3 is 1. The second-order valence-electron chi connectivity index (χ2n) is 7.37. The predicted molar refractivity (Wildman–Crippen MR) is 126 cm³/mol. The van der Waals surface area contributed by atoms with Crippen molar-refractivity contribution in [3.63, 3.8) is 0 Å². The summed E-state index contributed by atoms with van der Waals surface area (Å²) in [5.74, 6) is -0.336. The molecule has 0 unspecified atom stereocenters. The SMILES string of the molecule is CCCCc1ncc(/C(OC(C)=O)=C(\C(=O)OC)c2ccncc2)n1Cc1ccccc1Cl. The van der Waals surface area contributed by atoms with Crippen LogP contribution in [0.2, 0.25) is 5.02 Å². The van der Waals surface area contributed by atoms with Gasteiger partial charge >= 0.3 is 11.9 Å². The van der Waals surface area contributed by atoms with E-state index in [4.69, 9.17) is 21.1 Å². The molecule has 0 saturated heterocycles. The van der Waals surface area contributed by atoms with Crippen molar-refractivity contribution in [3.8, 4) is 0 Å². The molecule has 0 radical (unpaired) electrons. The number of aromatic nitrogens is 3. The first-order chi connectivity index (χ1) is 16.0. The van der Waals surface area contributed by atoms with Gasteiger partial charge < -0.3 is 14.0 Å². The van der Waals surface area contributed by atoms with Crippen molar-refractivity contribution in [2.45, 2.75) is 39.7 Å². The zero-order valence-electron chi connectivity index (χ0n) is 18.9. The van der Waals surface area contributed by atoms with E-state index in [1.165, 1.54) is 14.0 Å². The van der Waals surface area contributed by atoms with Crippen LogP contribution in [0.25, 0.3) is 11.3 Å². The third-order valence-corrected chi connectivity index (χ3v) is 5.41. The Labute approximate surface area is 198 Å². The Morgan fingerprint density at radius 3 is 2.48 bits per heavy atom. The maximum Gasteiger partial charge on any atom is 0.342 e. The van der Waals surface area contributed by atoms with E-state index in [-0.39, 0.29) is 11.3 Å². The standard InChI is InChI=1S/C25H26ClN3O4/c1-4-5-10-22-28-15-21(29(22)16-19-8-6-7-9-20(19)26)24(33-17(2)30)23(25(31)32-3)18-11-13-27-14-12-18/h6-9,11-15H,4-5,10,16H2,1-3H3/b24-23+. The zero-order valence-corrected chi connectivity index (χ0v) is 19.6. The molecule has 0 amide bonds. The summed E-state index contributed by atoms with van der Waals surface area (Å²) in [6.45, 7) is 3.78. The summed E-state index contributed by atoms with van der Waals surface area (Å²) in [6, 6.07) is 10.8. The van der Waals surface area contributed by atoms with Gasteiger partial charge in [-0.15, -0.1) is 0 Å². The molecule has 8 heteroatoms. The summed E-state index contributed by atoms with van der Waals surface area (Å²) in [7, 11) is 1.28. The fraction of sp³-hybridized carbons (Fsp3) is 0.280. The number of benzene rings is 1. The Bertz CT molecular complexity index is 1160. The summed E-state index contributed by atoms with van der Waals surface area (Å²) in [5.41, 5.74) is 1.97. The highest BCUT2D eigenvalue weighted by molar-refractivity contribution is 6.31. The van der Waals surface area contributed by atoms with Crippen LogP contribution in [0.4, 0.5) is 0 Å². The quantitative estimate of drug-likeness (QED) is 0.252. The Hall–Kier alpha value is -3.45. The van der Waals surface area contributed by atoms with Crippen LogP contribution >= 0.6 is 11.6 Å². The van der Waals surface area contributed by atoms with Gasteiger partial charge in [0.05, 0.1) is 19.9 Å². The molecule has 0 bridgehead atoms. The number of rotatable bonds is 9. The molecule has 0 atom stereocenters. The van der Waals surface area contributed by atoms with E-state index in [1.54, 1.807) is 30.7 Å².